The molecule has 1 aromatic carbocycles. The second-order valence-corrected chi connectivity index (χ2v) is 4.60. The predicted molar refractivity (Wildman–Crippen MR) is 81.2 cm³/mol. The molecule has 2 rings (SSSR count). The highest BCUT2D eigenvalue weighted by atomic mass is 19.1. The summed E-state index contributed by atoms with van der Waals surface area (Å²) < 4.78 is 18.2. The van der Waals surface area contributed by atoms with Gasteiger partial charge < -0.3 is 15.4 Å². The Balaban J connectivity index is 1.56. The Bertz CT molecular complexity index is 593. The first-order valence-corrected chi connectivity index (χ1v) is 7.03. The zero-order valence-corrected chi connectivity index (χ0v) is 12.1. The molecule has 5 nitrogen and oxygen atoms in total. The molecule has 2 N–H and O–H groups in total. The SMILES string of the molecule is O=C(NCCOc1cccc(F)c1)NCCc1cccnc1. The van der Waals surface area contributed by atoms with E-state index in [9.17, 15) is 9.18 Å². The Hall–Kier alpha value is -2.63. The Morgan fingerprint density at radius 1 is 1.18 bits per heavy atom. The molecule has 0 radical (unpaired) electrons. The molecule has 0 saturated heterocycles. The average molecular weight is 303 g/mol. The lowest BCUT2D eigenvalue weighted by Gasteiger charge is -2.09. The predicted octanol–water partition coefficient (Wildman–Crippen LogP) is 2.14. The number of nitrogens with one attached hydrogen (secondary N) is 2. The van der Waals surface area contributed by atoms with Crippen LogP contribution in [0.2, 0.25) is 0 Å². The maximum atomic E-state index is 12.9. The molecule has 0 atom stereocenters. The highest BCUT2D eigenvalue weighted by Gasteiger charge is 2.00. The van der Waals surface area contributed by atoms with Crippen LogP contribution in [-0.2, 0) is 6.42 Å². The number of pyridine rings is 1. The van der Waals surface area contributed by atoms with E-state index in [0.29, 0.717) is 18.8 Å². The molecule has 2 aromatic rings. The molecule has 0 spiro atoms. The quantitative estimate of drug-likeness (QED) is 0.770. The standard InChI is InChI=1S/C16H18FN3O2/c17-14-4-1-5-15(11-14)22-10-9-20-16(21)19-8-6-13-3-2-7-18-12-13/h1-5,7,11-12H,6,8-10H2,(H2,19,20,21). The van der Waals surface area contributed by atoms with E-state index in [0.717, 1.165) is 12.0 Å². The third-order valence-corrected chi connectivity index (χ3v) is 2.87. The molecule has 0 bridgehead atoms. The van der Waals surface area contributed by atoms with E-state index < -0.39 is 0 Å². The summed E-state index contributed by atoms with van der Waals surface area (Å²) in [5.74, 6) is 0.0948. The van der Waals surface area contributed by atoms with Crippen molar-refractivity contribution < 1.29 is 13.9 Å². The number of urea groups is 1. The summed E-state index contributed by atoms with van der Waals surface area (Å²) >= 11 is 0. The normalized spacial score (nSPS) is 10.0. The van der Waals surface area contributed by atoms with Crippen LogP contribution >= 0.6 is 0 Å². The lowest BCUT2D eigenvalue weighted by Crippen LogP contribution is -2.38. The fourth-order valence-corrected chi connectivity index (χ4v) is 1.82. The van der Waals surface area contributed by atoms with Gasteiger partial charge in [0.25, 0.3) is 0 Å². The van der Waals surface area contributed by atoms with Gasteiger partial charge in [0.05, 0.1) is 6.54 Å². The van der Waals surface area contributed by atoms with Gasteiger partial charge in [-0.2, -0.15) is 0 Å². The number of ether oxygens (including phenoxy) is 1. The average Bonchev–Trinajstić information content (AvgIpc) is 2.53. The summed E-state index contributed by atoms with van der Waals surface area (Å²) in [6, 6.07) is 9.44. The van der Waals surface area contributed by atoms with Gasteiger partial charge in [-0.05, 0) is 30.2 Å². The second kappa shape index (κ2) is 8.61. The van der Waals surface area contributed by atoms with Gasteiger partial charge in [0.2, 0.25) is 0 Å². The first-order valence-electron chi connectivity index (χ1n) is 7.03. The number of rotatable bonds is 7. The van der Waals surface area contributed by atoms with Crippen molar-refractivity contribution >= 4 is 6.03 Å². The van der Waals surface area contributed by atoms with Gasteiger partial charge in [-0.25, -0.2) is 9.18 Å². The van der Waals surface area contributed by atoms with Crippen molar-refractivity contribution in [3.05, 3.63) is 60.2 Å². The largest absolute Gasteiger partial charge is 0.492 e. The number of hydrogen-bond donors (Lipinski definition) is 2. The monoisotopic (exact) mass is 303 g/mol. The molecular weight excluding hydrogens is 285 g/mol. The van der Waals surface area contributed by atoms with E-state index in [1.165, 1.54) is 12.1 Å². The second-order valence-electron chi connectivity index (χ2n) is 4.60. The highest BCUT2D eigenvalue weighted by molar-refractivity contribution is 5.73. The van der Waals surface area contributed by atoms with Crippen molar-refractivity contribution in [2.75, 3.05) is 19.7 Å². The van der Waals surface area contributed by atoms with E-state index in [4.69, 9.17) is 4.74 Å². The summed E-state index contributed by atoms with van der Waals surface area (Å²) in [5.41, 5.74) is 1.07. The Morgan fingerprint density at radius 3 is 2.82 bits per heavy atom. The van der Waals surface area contributed by atoms with Crippen molar-refractivity contribution in [3.8, 4) is 5.75 Å². The van der Waals surface area contributed by atoms with E-state index >= 15 is 0 Å². The maximum absolute atomic E-state index is 12.9. The minimum absolute atomic E-state index is 0.258. The number of hydrogen-bond acceptors (Lipinski definition) is 3. The smallest absolute Gasteiger partial charge is 0.314 e. The van der Waals surface area contributed by atoms with Gasteiger partial charge >= 0.3 is 6.03 Å². The molecule has 6 heteroatoms. The van der Waals surface area contributed by atoms with Gasteiger partial charge in [0, 0.05) is 25.0 Å². The Morgan fingerprint density at radius 2 is 2.05 bits per heavy atom. The van der Waals surface area contributed by atoms with Gasteiger partial charge in [-0.1, -0.05) is 12.1 Å². The van der Waals surface area contributed by atoms with Crippen LogP contribution in [-0.4, -0.2) is 30.7 Å². The van der Waals surface area contributed by atoms with Crippen molar-refractivity contribution in [2.24, 2.45) is 0 Å². The van der Waals surface area contributed by atoms with E-state index in [2.05, 4.69) is 15.6 Å². The van der Waals surface area contributed by atoms with Crippen LogP contribution in [0.5, 0.6) is 5.75 Å². The molecule has 0 aliphatic carbocycles. The van der Waals surface area contributed by atoms with Crippen LogP contribution in [0.4, 0.5) is 9.18 Å². The number of carbonyl (C=O) groups excluding carboxylic acids is 1. The van der Waals surface area contributed by atoms with E-state index in [1.807, 2.05) is 12.1 Å². The lowest BCUT2D eigenvalue weighted by atomic mass is 10.2. The molecule has 0 aliphatic rings. The van der Waals surface area contributed by atoms with Crippen molar-refractivity contribution in [3.63, 3.8) is 0 Å². The molecule has 22 heavy (non-hydrogen) atoms. The zero-order chi connectivity index (χ0) is 15.6. The minimum atomic E-state index is -0.349. The van der Waals surface area contributed by atoms with Gasteiger partial charge in [-0.15, -0.1) is 0 Å². The zero-order valence-electron chi connectivity index (χ0n) is 12.1. The first-order chi connectivity index (χ1) is 10.7. The molecule has 0 fully saturated rings. The van der Waals surface area contributed by atoms with Crippen molar-refractivity contribution in [2.45, 2.75) is 6.42 Å². The number of aromatic nitrogens is 1. The highest BCUT2D eigenvalue weighted by Crippen LogP contribution is 2.11. The van der Waals surface area contributed by atoms with Gasteiger partial charge in [0.1, 0.15) is 18.2 Å². The van der Waals surface area contributed by atoms with Crippen LogP contribution in [0.3, 0.4) is 0 Å². The van der Waals surface area contributed by atoms with E-state index in [-0.39, 0.29) is 18.5 Å². The molecule has 1 aromatic heterocycles. The van der Waals surface area contributed by atoms with Crippen LogP contribution in [0.25, 0.3) is 0 Å². The summed E-state index contributed by atoms with van der Waals surface area (Å²) in [6.45, 7) is 1.15. The fourth-order valence-electron chi connectivity index (χ4n) is 1.82. The summed E-state index contributed by atoms with van der Waals surface area (Å²) in [7, 11) is 0. The first kappa shape index (κ1) is 15.8. The van der Waals surface area contributed by atoms with Gasteiger partial charge in [0.15, 0.2) is 0 Å². The minimum Gasteiger partial charge on any atom is -0.492 e. The number of nitrogens with zero attached hydrogens (tertiary/aromatic N) is 1. The third kappa shape index (κ3) is 5.78. The maximum Gasteiger partial charge on any atom is 0.314 e. The lowest BCUT2D eigenvalue weighted by molar-refractivity contribution is 0.236. The van der Waals surface area contributed by atoms with E-state index in [1.54, 1.807) is 24.5 Å². The third-order valence-electron chi connectivity index (χ3n) is 2.87. The van der Waals surface area contributed by atoms with Gasteiger partial charge in [-0.3, -0.25) is 4.98 Å². The topological polar surface area (TPSA) is 63.2 Å². The van der Waals surface area contributed by atoms with Crippen molar-refractivity contribution in [1.29, 1.82) is 0 Å². The molecule has 1 heterocycles. The summed E-state index contributed by atoms with van der Waals surface area (Å²) in [5, 5.41) is 5.41. The molecule has 116 valence electrons. The molecule has 0 saturated carbocycles. The number of halogens is 1. The molecule has 0 unspecified atom stereocenters. The van der Waals surface area contributed by atoms with Crippen molar-refractivity contribution in [1.82, 2.24) is 15.6 Å². The summed E-state index contributed by atoms with van der Waals surface area (Å²) in [4.78, 5) is 15.6. The Kier molecular flexibility index (Phi) is 6.17. The van der Waals surface area contributed by atoms with Crippen LogP contribution in [0.15, 0.2) is 48.8 Å². The van der Waals surface area contributed by atoms with Crippen LogP contribution < -0.4 is 15.4 Å². The molecule has 2 amide bonds. The molecule has 0 aliphatic heterocycles. The fraction of sp³-hybridized carbons (Fsp3) is 0.250. The van der Waals surface area contributed by atoms with Crippen LogP contribution in [0.1, 0.15) is 5.56 Å². The Labute approximate surface area is 128 Å². The number of amides is 2. The van der Waals surface area contributed by atoms with Crippen LogP contribution in [0, 0.1) is 5.82 Å². The molecular formula is C16H18FN3O2. The summed E-state index contributed by atoms with van der Waals surface area (Å²) in [6.07, 6.45) is 4.20. The number of carbonyl (C=O) groups is 1. The number of benzene rings is 1.